The van der Waals surface area contributed by atoms with Gasteiger partial charge in [0.25, 0.3) is 5.91 Å². The first-order valence-corrected chi connectivity index (χ1v) is 11.5. The SMILES string of the molecule is CC(NC(=O)c1ccc2[nH]c3c(c2c1)CCCC3)C12CC3CC(CC(C3)C1)C2. The van der Waals surface area contributed by atoms with Crippen LogP contribution < -0.4 is 5.32 Å². The van der Waals surface area contributed by atoms with Crippen LogP contribution in [0.25, 0.3) is 10.9 Å². The number of H-pyrrole nitrogens is 1. The second kappa shape index (κ2) is 6.11. The number of carbonyl (C=O) groups is 1. The van der Waals surface area contributed by atoms with Crippen LogP contribution in [0.1, 0.15) is 79.9 Å². The van der Waals surface area contributed by atoms with Gasteiger partial charge in [0, 0.05) is 28.2 Å². The molecule has 1 unspecified atom stereocenters. The van der Waals surface area contributed by atoms with Crippen LogP contribution in [-0.4, -0.2) is 16.9 Å². The summed E-state index contributed by atoms with van der Waals surface area (Å²) < 4.78 is 0. The van der Waals surface area contributed by atoms with Crippen molar-refractivity contribution in [1.29, 1.82) is 0 Å². The quantitative estimate of drug-likeness (QED) is 0.742. The molecule has 4 fully saturated rings. The Balaban J connectivity index is 1.25. The maximum atomic E-state index is 13.2. The number of fused-ring (bicyclic) bond motifs is 3. The van der Waals surface area contributed by atoms with Crippen molar-refractivity contribution in [3.8, 4) is 0 Å². The average molecular weight is 377 g/mol. The molecule has 28 heavy (non-hydrogen) atoms. The second-order valence-electron chi connectivity index (χ2n) is 10.5. The van der Waals surface area contributed by atoms with Gasteiger partial charge >= 0.3 is 0 Å². The Bertz CT molecular complexity index is 904. The van der Waals surface area contributed by atoms with Crippen LogP contribution in [0.2, 0.25) is 0 Å². The zero-order chi connectivity index (χ0) is 18.9. The number of hydrogen-bond acceptors (Lipinski definition) is 1. The summed E-state index contributed by atoms with van der Waals surface area (Å²) in [4.78, 5) is 16.7. The Labute approximate surface area is 167 Å². The molecule has 5 aliphatic rings. The van der Waals surface area contributed by atoms with Crippen molar-refractivity contribution in [2.45, 2.75) is 77.2 Å². The molecule has 148 valence electrons. The van der Waals surface area contributed by atoms with E-state index in [1.54, 1.807) is 0 Å². The molecule has 1 aromatic carbocycles. The third-order valence-corrected chi connectivity index (χ3v) is 8.71. The highest BCUT2D eigenvalue weighted by atomic mass is 16.1. The summed E-state index contributed by atoms with van der Waals surface area (Å²) in [6, 6.07) is 6.53. The molecule has 1 amide bonds. The zero-order valence-electron chi connectivity index (χ0n) is 17.0. The van der Waals surface area contributed by atoms with Crippen LogP contribution >= 0.6 is 0 Å². The lowest BCUT2D eigenvalue weighted by atomic mass is 9.48. The molecule has 0 spiro atoms. The third kappa shape index (κ3) is 2.58. The minimum Gasteiger partial charge on any atom is -0.358 e. The molecule has 2 N–H and O–H groups in total. The Kier molecular flexibility index (Phi) is 3.74. The maximum Gasteiger partial charge on any atom is 0.251 e. The summed E-state index contributed by atoms with van der Waals surface area (Å²) in [5.74, 6) is 2.89. The molecule has 7 rings (SSSR count). The minimum absolute atomic E-state index is 0.121. The molecule has 0 aliphatic heterocycles. The molecule has 5 aliphatic carbocycles. The number of aromatic nitrogens is 1. The van der Waals surface area contributed by atoms with Gasteiger partial charge in [0.05, 0.1) is 0 Å². The van der Waals surface area contributed by atoms with Crippen LogP contribution in [-0.2, 0) is 12.8 Å². The predicted octanol–water partition coefficient (Wildman–Crippen LogP) is 5.38. The lowest BCUT2D eigenvalue weighted by molar-refractivity contribution is -0.0688. The first-order chi connectivity index (χ1) is 13.6. The molecule has 3 nitrogen and oxygen atoms in total. The molecular formula is C25H32N2O. The van der Waals surface area contributed by atoms with Crippen molar-refractivity contribution in [3.05, 3.63) is 35.0 Å². The van der Waals surface area contributed by atoms with Gasteiger partial charge in [-0.05, 0) is 118 Å². The summed E-state index contributed by atoms with van der Waals surface area (Å²) in [6.45, 7) is 2.28. The summed E-state index contributed by atoms with van der Waals surface area (Å²) in [7, 11) is 0. The van der Waals surface area contributed by atoms with Gasteiger partial charge < -0.3 is 10.3 Å². The van der Waals surface area contributed by atoms with Gasteiger partial charge in [0.15, 0.2) is 0 Å². The number of aryl methyl sites for hydroxylation is 2. The zero-order valence-corrected chi connectivity index (χ0v) is 17.0. The number of rotatable bonds is 3. The fourth-order valence-electron chi connectivity index (χ4n) is 7.69. The molecule has 4 bridgehead atoms. The molecule has 1 heterocycles. The van der Waals surface area contributed by atoms with Crippen molar-refractivity contribution in [2.75, 3.05) is 0 Å². The van der Waals surface area contributed by atoms with E-state index in [1.807, 2.05) is 6.07 Å². The summed E-state index contributed by atoms with van der Waals surface area (Å²) in [5.41, 5.74) is 5.22. The van der Waals surface area contributed by atoms with E-state index in [0.717, 1.165) is 36.2 Å². The van der Waals surface area contributed by atoms with E-state index in [2.05, 4.69) is 29.4 Å². The maximum absolute atomic E-state index is 13.2. The Morgan fingerprint density at radius 2 is 1.75 bits per heavy atom. The van der Waals surface area contributed by atoms with Crippen LogP contribution in [0.15, 0.2) is 18.2 Å². The van der Waals surface area contributed by atoms with E-state index in [-0.39, 0.29) is 11.9 Å². The fourth-order valence-corrected chi connectivity index (χ4v) is 7.69. The van der Waals surface area contributed by atoms with Crippen LogP contribution in [0.3, 0.4) is 0 Å². The van der Waals surface area contributed by atoms with E-state index in [1.165, 1.54) is 73.5 Å². The molecule has 0 saturated heterocycles. The summed E-state index contributed by atoms with van der Waals surface area (Å²) >= 11 is 0. The Morgan fingerprint density at radius 3 is 2.46 bits per heavy atom. The van der Waals surface area contributed by atoms with E-state index in [4.69, 9.17) is 0 Å². The van der Waals surface area contributed by atoms with Crippen molar-refractivity contribution >= 4 is 16.8 Å². The second-order valence-corrected chi connectivity index (χ2v) is 10.5. The lowest BCUT2D eigenvalue weighted by Gasteiger charge is -2.59. The van der Waals surface area contributed by atoms with Crippen molar-refractivity contribution in [1.82, 2.24) is 10.3 Å². The Hall–Kier alpha value is -1.77. The van der Waals surface area contributed by atoms with E-state index in [9.17, 15) is 4.79 Å². The number of amides is 1. The normalized spacial score (nSPS) is 34.4. The highest BCUT2D eigenvalue weighted by Crippen LogP contribution is 2.61. The summed E-state index contributed by atoms with van der Waals surface area (Å²) in [5, 5.41) is 4.71. The molecule has 2 aromatic rings. The predicted molar refractivity (Wildman–Crippen MR) is 112 cm³/mol. The van der Waals surface area contributed by atoms with Gasteiger partial charge in [-0.25, -0.2) is 0 Å². The smallest absolute Gasteiger partial charge is 0.251 e. The van der Waals surface area contributed by atoms with Gasteiger partial charge in [0.1, 0.15) is 0 Å². The number of aromatic amines is 1. The van der Waals surface area contributed by atoms with Crippen LogP contribution in [0.5, 0.6) is 0 Å². The molecule has 1 atom stereocenters. The molecule has 1 aromatic heterocycles. The van der Waals surface area contributed by atoms with Gasteiger partial charge in [-0.3, -0.25) is 4.79 Å². The highest BCUT2D eigenvalue weighted by Gasteiger charge is 2.53. The van der Waals surface area contributed by atoms with E-state index >= 15 is 0 Å². The third-order valence-electron chi connectivity index (χ3n) is 8.71. The summed E-state index contributed by atoms with van der Waals surface area (Å²) in [6.07, 6.45) is 13.2. The van der Waals surface area contributed by atoms with E-state index in [0.29, 0.717) is 5.41 Å². The number of nitrogens with one attached hydrogen (secondary N) is 2. The van der Waals surface area contributed by atoms with Gasteiger partial charge in [-0.2, -0.15) is 0 Å². The van der Waals surface area contributed by atoms with Crippen LogP contribution in [0.4, 0.5) is 0 Å². The lowest BCUT2D eigenvalue weighted by Crippen LogP contribution is -2.55. The highest BCUT2D eigenvalue weighted by molar-refractivity contribution is 5.99. The number of hydrogen-bond donors (Lipinski definition) is 2. The van der Waals surface area contributed by atoms with E-state index < -0.39 is 0 Å². The standard InChI is InChI=1S/C25H32N2O/c1-15(25-12-16-8-17(13-25)10-18(9-16)14-25)26-24(28)19-6-7-23-21(11-19)20-4-2-3-5-22(20)27-23/h6-7,11,15-18,27H,2-5,8-10,12-14H2,1H3,(H,26,28). The van der Waals surface area contributed by atoms with Crippen molar-refractivity contribution in [2.24, 2.45) is 23.2 Å². The van der Waals surface area contributed by atoms with Crippen molar-refractivity contribution < 1.29 is 4.79 Å². The first-order valence-electron chi connectivity index (χ1n) is 11.5. The van der Waals surface area contributed by atoms with Gasteiger partial charge in [-0.15, -0.1) is 0 Å². The fraction of sp³-hybridized carbons (Fsp3) is 0.640. The van der Waals surface area contributed by atoms with Gasteiger partial charge in [-0.1, -0.05) is 0 Å². The molecule has 0 radical (unpaired) electrons. The topological polar surface area (TPSA) is 44.9 Å². The monoisotopic (exact) mass is 376 g/mol. The van der Waals surface area contributed by atoms with Crippen LogP contribution in [0, 0.1) is 23.2 Å². The molecule has 3 heteroatoms. The number of carbonyl (C=O) groups excluding carboxylic acids is 1. The van der Waals surface area contributed by atoms with Gasteiger partial charge in [0.2, 0.25) is 0 Å². The Morgan fingerprint density at radius 1 is 1.07 bits per heavy atom. The molecule has 4 saturated carbocycles. The average Bonchev–Trinajstić information content (AvgIpc) is 3.04. The minimum atomic E-state index is 0.121. The largest absolute Gasteiger partial charge is 0.358 e. The first kappa shape index (κ1) is 17.1. The van der Waals surface area contributed by atoms with Crippen molar-refractivity contribution in [3.63, 3.8) is 0 Å². The molecular weight excluding hydrogens is 344 g/mol. The number of benzene rings is 1.